The van der Waals surface area contributed by atoms with Crippen molar-refractivity contribution in [3.05, 3.63) is 64.6 Å². The summed E-state index contributed by atoms with van der Waals surface area (Å²) in [5.74, 6) is -0.962. The smallest absolute Gasteiger partial charge is 0.337 e. The molecule has 2 N–H and O–H groups in total. The second-order valence-corrected chi connectivity index (χ2v) is 6.33. The molecule has 6 nitrogen and oxygen atoms in total. The van der Waals surface area contributed by atoms with Crippen LogP contribution in [0.2, 0.25) is 0 Å². The van der Waals surface area contributed by atoms with Gasteiger partial charge in [-0.25, -0.2) is 9.78 Å². The van der Waals surface area contributed by atoms with Crippen LogP contribution in [0.1, 0.15) is 38.9 Å². The average Bonchev–Trinajstić information content (AvgIpc) is 2.90. The number of hydrogen-bond acceptors (Lipinski definition) is 4. The van der Waals surface area contributed by atoms with Crippen LogP contribution in [0.5, 0.6) is 0 Å². The number of aromatic nitrogens is 2. The molecule has 0 aliphatic carbocycles. The predicted octanol–water partition coefficient (Wildman–Crippen LogP) is 3.75. The van der Waals surface area contributed by atoms with Gasteiger partial charge in [-0.2, -0.15) is 0 Å². The zero-order valence-corrected chi connectivity index (χ0v) is 15.3. The van der Waals surface area contributed by atoms with Gasteiger partial charge in [0.1, 0.15) is 0 Å². The van der Waals surface area contributed by atoms with Crippen molar-refractivity contribution >= 4 is 29.7 Å². The first-order chi connectivity index (χ1) is 12.0. The second kappa shape index (κ2) is 6.97. The first-order valence-electron chi connectivity index (χ1n) is 8.19. The summed E-state index contributed by atoms with van der Waals surface area (Å²) in [5.41, 5.74) is 5.78. The van der Waals surface area contributed by atoms with Gasteiger partial charge in [-0.1, -0.05) is 24.3 Å². The van der Waals surface area contributed by atoms with Gasteiger partial charge in [0.2, 0.25) is 0 Å². The zero-order valence-electron chi connectivity index (χ0n) is 14.5. The lowest BCUT2D eigenvalue weighted by atomic mass is 9.99. The lowest BCUT2D eigenvalue weighted by Gasteiger charge is -2.27. The van der Waals surface area contributed by atoms with Crippen molar-refractivity contribution in [1.29, 1.82) is 0 Å². The maximum absolute atomic E-state index is 11.5. The number of aromatic carboxylic acids is 1. The number of rotatable bonds is 3. The molecule has 0 amide bonds. The highest BCUT2D eigenvalue weighted by molar-refractivity contribution is 5.90. The van der Waals surface area contributed by atoms with E-state index < -0.39 is 5.97 Å². The number of fused-ring (bicyclic) bond motifs is 2. The van der Waals surface area contributed by atoms with Crippen molar-refractivity contribution in [3.63, 3.8) is 0 Å². The number of aryl methyl sites for hydroxylation is 2. The standard InChI is InChI=1S/C19H19N3O3.ClH/c1-11-12(2)22-8-14(19(23)24)7-16(18(22)20-11)21-17-10-25-9-13-5-3-4-6-15(13)17;/h3-8,17,21H,9-10H2,1-2H3,(H,23,24);1H. The number of carbonyl (C=O) groups is 1. The average molecular weight is 374 g/mol. The first kappa shape index (κ1) is 18.2. The van der Waals surface area contributed by atoms with Crippen molar-refractivity contribution in [3.8, 4) is 0 Å². The van der Waals surface area contributed by atoms with Crippen molar-refractivity contribution in [2.75, 3.05) is 11.9 Å². The van der Waals surface area contributed by atoms with Crippen LogP contribution in [-0.2, 0) is 11.3 Å². The molecule has 1 aromatic carbocycles. The normalized spacial score (nSPS) is 16.0. The number of benzene rings is 1. The van der Waals surface area contributed by atoms with Crippen molar-refractivity contribution < 1.29 is 14.6 Å². The van der Waals surface area contributed by atoms with Crippen LogP contribution < -0.4 is 5.32 Å². The van der Waals surface area contributed by atoms with E-state index in [-0.39, 0.29) is 24.0 Å². The Labute approximate surface area is 157 Å². The van der Waals surface area contributed by atoms with Crippen molar-refractivity contribution in [2.45, 2.75) is 26.5 Å². The maximum Gasteiger partial charge on any atom is 0.337 e. The summed E-state index contributed by atoms with van der Waals surface area (Å²) in [6.45, 7) is 4.98. The van der Waals surface area contributed by atoms with E-state index in [9.17, 15) is 9.90 Å². The van der Waals surface area contributed by atoms with E-state index in [2.05, 4.69) is 22.4 Å². The second-order valence-electron chi connectivity index (χ2n) is 6.33. The third kappa shape index (κ3) is 3.02. The summed E-state index contributed by atoms with van der Waals surface area (Å²) in [6.07, 6.45) is 1.61. The Kier molecular flexibility index (Phi) is 4.89. The van der Waals surface area contributed by atoms with E-state index in [1.54, 1.807) is 12.3 Å². The molecule has 3 heterocycles. The third-order valence-corrected chi connectivity index (χ3v) is 4.74. The summed E-state index contributed by atoms with van der Waals surface area (Å²) in [4.78, 5) is 16.1. The number of pyridine rings is 1. The molecule has 1 unspecified atom stereocenters. The molecule has 1 aliphatic rings. The fraction of sp³-hybridized carbons (Fsp3) is 0.263. The highest BCUT2D eigenvalue weighted by Crippen LogP contribution is 2.30. The molecule has 3 aromatic rings. The molecule has 0 spiro atoms. The zero-order chi connectivity index (χ0) is 17.6. The fourth-order valence-electron chi connectivity index (χ4n) is 3.28. The highest BCUT2D eigenvalue weighted by Gasteiger charge is 2.22. The lowest BCUT2D eigenvalue weighted by molar-refractivity contribution is 0.0696. The van der Waals surface area contributed by atoms with Crippen LogP contribution in [0.3, 0.4) is 0 Å². The predicted molar refractivity (Wildman–Crippen MR) is 101 cm³/mol. The van der Waals surface area contributed by atoms with Gasteiger partial charge in [0.05, 0.1) is 36.2 Å². The minimum atomic E-state index is -0.962. The van der Waals surface area contributed by atoms with Crippen molar-refractivity contribution in [2.24, 2.45) is 0 Å². The van der Waals surface area contributed by atoms with Crippen LogP contribution in [0, 0.1) is 13.8 Å². The Morgan fingerprint density at radius 2 is 2.12 bits per heavy atom. The lowest BCUT2D eigenvalue weighted by Crippen LogP contribution is -2.23. The highest BCUT2D eigenvalue weighted by atomic mass is 35.5. The van der Waals surface area contributed by atoms with Crippen LogP contribution in [0.15, 0.2) is 36.5 Å². The van der Waals surface area contributed by atoms with E-state index in [0.717, 1.165) is 22.6 Å². The van der Waals surface area contributed by atoms with E-state index in [0.29, 0.717) is 18.9 Å². The molecule has 0 bridgehead atoms. The van der Waals surface area contributed by atoms with Gasteiger partial charge < -0.3 is 19.6 Å². The number of carboxylic acids is 1. The minimum absolute atomic E-state index is 0. The SMILES string of the molecule is Cc1nc2c(NC3COCc4ccccc43)cc(C(=O)O)cn2c1C.Cl. The summed E-state index contributed by atoms with van der Waals surface area (Å²) < 4.78 is 7.52. The molecule has 26 heavy (non-hydrogen) atoms. The Hall–Kier alpha value is -2.57. The van der Waals surface area contributed by atoms with Gasteiger partial charge in [-0.3, -0.25) is 0 Å². The molecule has 0 radical (unpaired) electrons. The quantitative estimate of drug-likeness (QED) is 0.731. The molecule has 1 atom stereocenters. The minimum Gasteiger partial charge on any atom is -0.478 e. The topological polar surface area (TPSA) is 75.9 Å². The summed E-state index contributed by atoms with van der Waals surface area (Å²) >= 11 is 0. The van der Waals surface area contributed by atoms with Gasteiger partial charge in [0.15, 0.2) is 5.65 Å². The number of imidazole rings is 1. The van der Waals surface area contributed by atoms with E-state index in [4.69, 9.17) is 4.74 Å². The molecule has 7 heteroatoms. The first-order valence-corrected chi connectivity index (χ1v) is 8.19. The van der Waals surface area contributed by atoms with Gasteiger partial charge in [0.25, 0.3) is 0 Å². The number of hydrogen-bond donors (Lipinski definition) is 2. The van der Waals surface area contributed by atoms with E-state index in [1.807, 2.05) is 30.4 Å². The Morgan fingerprint density at radius 3 is 2.88 bits per heavy atom. The van der Waals surface area contributed by atoms with Crippen LogP contribution >= 0.6 is 12.4 Å². The Bertz CT molecular complexity index is 984. The summed E-state index contributed by atoms with van der Waals surface area (Å²) in [7, 11) is 0. The number of nitrogens with zero attached hydrogens (tertiary/aromatic N) is 2. The van der Waals surface area contributed by atoms with Crippen molar-refractivity contribution in [1.82, 2.24) is 9.38 Å². The van der Waals surface area contributed by atoms with E-state index >= 15 is 0 Å². The largest absolute Gasteiger partial charge is 0.478 e. The molecule has 2 aromatic heterocycles. The molecule has 1 aliphatic heterocycles. The number of halogens is 1. The molecule has 4 rings (SSSR count). The number of carboxylic acid groups (broad SMARTS) is 1. The van der Waals surface area contributed by atoms with Gasteiger partial charge >= 0.3 is 5.97 Å². The molecule has 0 fully saturated rings. The van der Waals surface area contributed by atoms with Crippen LogP contribution in [-0.4, -0.2) is 27.1 Å². The van der Waals surface area contributed by atoms with Crippen LogP contribution in [0.4, 0.5) is 5.69 Å². The molecule has 136 valence electrons. The van der Waals surface area contributed by atoms with Crippen LogP contribution in [0.25, 0.3) is 5.65 Å². The number of anilines is 1. The van der Waals surface area contributed by atoms with Gasteiger partial charge in [-0.05, 0) is 31.0 Å². The molecular formula is C19H20ClN3O3. The van der Waals surface area contributed by atoms with E-state index in [1.165, 1.54) is 5.56 Å². The Balaban J connectivity index is 0.00000196. The molecule has 0 saturated heterocycles. The summed E-state index contributed by atoms with van der Waals surface area (Å²) in [5, 5.41) is 12.9. The molecule has 0 saturated carbocycles. The summed E-state index contributed by atoms with van der Waals surface area (Å²) in [6, 6.07) is 9.73. The Morgan fingerprint density at radius 1 is 1.35 bits per heavy atom. The maximum atomic E-state index is 11.5. The molecular weight excluding hydrogens is 354 g/mol. The van der Waals surface area contributed by atoms with Gasteiger partial charge in [0, 0.05) is 11.9 Å². The number of ether oxygens (including phenoxy) is 1. The van der Waals surface area contributed by atoms with Gasteiger partial charge in [-0.15, -0.1) is 12.4 Å². The monoisotopic (exact) mass is 373 g/mol. The number of nitrogens with one attached hydrogen (secondary N) is 1. The third-order valence-electron chi connectivity index (χ3n) is 4.74. The fourth-order valence-corrected chi connectivity index (χ4v) is 3.28.